The van der Waals surface area contributed by atoms with Crippen LogP contribution in [0.1, 0.15) is 44.1 Å². The fraction of sp³-hybridized carbons (Fsp3) is 0.450. The summed E-state index contributed by atoms with van der Waals surface area (Å²) < 4.78 is 0. The summed E-state index contributed by atoms with van der Waals surface area (Å²) in [7, 11) is 0. The fourth-order valence-corrected chi connectivity index (χ4v) is 4.14. The molecule has 1 aromatic heterocycles. The summed E-state index contributed by atoms with van der Waals surface area (Å²) in [5.41, 5.74) is 2.56. The van der Waals surface area contributed by atoms with E-state index in [0.717, 1.165) is 19.4 Å². The Kier molecular flexibility index (Phi) is 5.07. The number of carbonyl (C=O) groups is 1. The van der Waals surface area contributed by atoms with E-state index in [4.69, 9.17) is 0 Å². The van der Waals surface area contributed by atoms with Crippen LogP contribution in [0, 0.1) is 0 Å². The summed E-state index contributed by atoms with van der Waals surface area (Å²) in [6.45, 7) is 8.24. The lowest BCUT2D eigenvalue weighted by molar-refractivity contribution is -0.122. The number of carbonyl (C=O) groups excluding carboxylic acids is 1. The van der Waals surface area contributed by atoms with E-state index in [2.05, 4.69) is 61.7 Å². The first kappa shape index (κ1) is 17.2. The molecule has 0 bridgehead atoms. The highest BCUT2D eigenvalue weighted by atomic mass is 32.1. The first-order chi connectivity index (χ1) is 11.4. The third-order valence-electron chi connectivity index (χ3n) is 4.46. The van der Waals surface area contributed by atoms with Gasteiger partial charge in [-0.3, -0.25) is 4.79 Å². The van der Waals surface area contributed by atoms with Crippen molar-refractivity contribution in [1.29, 1.82) is 0 Å². The molecule has 0 spiro atoms. The molecule has 0 radical (unpaired) electrons. The molecule has 1 atom stereocenters. The highest BCUT2D eigenvalue weighted by Gasteiger charge is 2.22. The molecule has 1 aliphatic rings. The molecule has 4 heteroatoms. The average Bonchev–Trinajstić information content (AvgIpc) is 3.23. The van der Waals surface area contributed by atoms with Crippen molar-refractivity contribution in [2.24, 2.45) is 0 Å². The molecule has 2 heterocycles. The lowest BCUT2D eigenvalue weighted by Gasteiger charge is -2.15. The van der Waals surface area contributed by atoms with Gasteiger partial charge in [0.15, 0.2) is 0 Å². The summed E-state index contributed by atoms with van der Waals surface area (Å²) in [6.07, 6.45) is 2.02. The van der Waals surface area contributed by atoms with E-state index in [0.29, 0.717) is 6.54 Å². The molecule has 2 N–H and O–H groups in total. The molecule has 2 aromatic rings. The number of amides is 1. The maximum Gasteiger partial charge on any atom is 0.237 e. The Morgan fingerprint density at radius 3 is 2.71 bits per heavy atom. The maximum atomic E-state index is 12.2. The Morgan fingerprint density at radius 1 is 1.25 bits per heavy atom. The van der Waals surface area contributed by atoms with Gasteiger partial charge in [0.25, 0.3) is 0 Å². The number of thiophene rings is 1. The highest BCUT2D eigenvalue weighted by Crippen LogP contribution is 2.36. The summed E-state index contributed by atoms with van der Waals surface area (Å²) in [5.74, 6) is 0.115. The molecule has 0 unspecified atom stereocenters. The third kappa shape index (κ3) is 3.87. The minimum absolute atomic E-state index is 0.0219. The van der Waals surface area contributed by atoms with Crippen LogP contribution in [-0.2, 0) is 16.8 Å². The maximum absolute atomic E-state index is 12.2. The van der Waals surface area contributed by atoms with Gasteiger partial charge >= 0.3 is 0 Å². The highest BCUT2D eigenvalue weighted by molar-refractivity contribution is 7.15. The van der Waals surface area contributed by atoms with E-state index in [9.17, 15) is 4.79 Å². The molecule has 1 aromatic carbocycles. The van der Waals surface area contributed by atoms with Crippen molar-refractivity contribution < 1.29 is 4.79 Å². The Labute approximate surface area is 148 Å². The quantitative estimate of drug-likeness (QED) is 0.879. The monoisotopic (exact) mass is 342 g/mol. The van der Waals surface area contributed by atoms with E-state index < -0.39 is 0 Å². The van der Waals surface area contributed by atoms with Gasteiger partial charge in [0.1, 0.15) is 0 Å². The van der Waals surface area contributed by atoms with Gasteiger partial charge in [-0.05, 0) is 48.1 Å². The van der Waals surface area contributed by atoms with Crippen molar-refractivity contribution >= 4 is 17.2 Å². The van der Waals surface area contributed by atoms with Gasteiger partial charge in [0.05, 0.1) is 6.04 Å². The summed E-state index contributed by atoms with van der Waals surface area (Å²) in [4.78, 5) is 14.9. The topological polar surface area (TPSA) is 41.1 Å². The van der Waals surface area contributed by atoms with Gasteiger partial charge in [-0.1, -0.05) is 45.0 Å². The van der Waals surface area contributed by atoms with Crippen LogP contribution in [-0.4, -0.2) is 18.5 Å². The van der Waals surface area contributed by atoms with Crippen LogP contribution in [0.15, 0.2) is 36.4 Å². The van der Waals surface area contributed by atoms with Gasteiger partial charge in [-0.25, -0.2) is 0 Å². The Balaban J connectivity index is 1.75. The summed E-state index contributed by atoms with van der Waals surface area (Å²) in [5, 5.41) is 6.34. The van der Waals surface area contributed by atoms with Gasteiger partial charge in [-0.2, -0.15) is 0 Å². The SMILES string of the molecule is CC(C)(C)c1ccc(-c2ccccc2CNC(=O)[C@H]2CCCN2)s1. The van der Waals surface area contributed by atoms with Gasteiger partial charge in [-0.15, -0.1) is 11.3 Å². The minimum Gasteiger partial charge on any atom is -0.351 e. The molecule has 128 valence electrons. The van der Waals surface area contributed by atoms with E-state index in [1.54, 1.807) is 0 Å². The van der Waals surface area contributed by atoms with Gasteiger partial charge in [0.2, 0.25) is 5.91 Å². The summed E-state index contributed by atoms with van der Waals surface area (Å²) in [6, 6.07) is 12.8. The van der Waals surface area contributed by atoms with Crippen LogP contribution >= 0.6 is 11.3 Å². The number of rotatable bonds is 4. The van der Waals surface area contributed by atoms with Crippen molar-refractivity contribution in [3.05, 3.63) is 46.8 Å². The van der Waals surface area contributed by atoms with Crippen molar-refractivity contribution in [3.63, 3.8) is 0 Å². The lowest BCUT2D eigenvalue weighted by atomic mass is 9.95. The molecule has 1 amide bonds. The fourth-order valence-electron chi connectivity index (χ4n) is 3.01. The van der Waals surface area contributed by atoms with E-state index in [1.165, 1.54) is 20.9 Å². The van der Waals surface area contributed by atoms with E-state index in [-0.39, 0.29) is 17.4 Å². The second-order valence-electron chi connectivity index (χ2n) is 7.44. The number of hydrogen-bond donors (Lipinski definition) is 2. The van der Waals surface area contributed by atoms with Crippen LogP contribution in [0.4, 0.5) is 0 Å². The molecule has 1 aliphatic heterocycles. The number of nitrogens with one attached hydrogen (secondary N) is 2. The van der Waals surface area contributed by atoms with Crippen molar-refractivity contribution in [2.75, 3.05) is 6.54 Å². The van der Waals surface area contributed by atoms with Crippen LogP contribution in [0.25, 0.3) is 10.4 Å². The molecule has 3 rings (SSSR count). The second kappa shape index (κ2) is 7.08. The molecule has 0 aliphatic carbocycles. The Hall–Kier alpha value is -1.65. The molecular formula is C20H26N2OS. The molecule has 0 saturated carbocycles. The zero-order chi connectivity index (χ0) is 17.2. The first-order valence-corrected chi connectivity index (χ1v) is 9.46. The lowest BCUT2D eigenvalue weighted by Crippen LogP contribution is -2.40. The smallest absolute Gasteiger partial charge is 0.237 e. The zero-order valence-corrected chi connectivity index (χ0v) is 15.5. The van der Waals surface area contributed by atoms with Crippen molar-refractivity contribution in [3.8, 4) is 10.4 Å². The Bertz CT molecular complexity index is 708. The predicted octanol–water partition coefficient (Wildman–Crippen LogP) is 4.08. The van der Waals surface area contributed by atoms with E-state index >= 15 is 0 Å². The number of hydrogen-bond acceptors (Lipinski definition) is 3. The Morgan fingerprint density at radius 2 is 2.04 bits per heavy atom. The van der Waals surface area contributed by atoms with Crippen molar-refractivity contribution in [1.82, 2.24) is 10.6 Å². The standard InChI is InChI=1S/C20H26N2OS/c1-20(2,3)18-11-10-17(24-18)15-8-5-4-7-14(15)13-22-19(23)16-9-6-12-21-16/h4-5,7-8,10-11,16,21H,6,9,12-13H2,1-3H3,(H,22,23)/t16-/m1/s1. The van der Waals surface area contributed by atoms with Crippen LogP contribution < -0.4 is 10.6 Å². The average molecular weight is 343 g/mol. The molecule has 1 fully saturated rings. The normalized spacial score (nSPS) is 17.9. The van der Waals surface area contributed by atoms with Crippen LogP contribution in [0.2, 0.25) is 0 Å². The summed E-state index contributed by atoms with van der Waals surface area (Å²) >= 11 is 1.84. The van der Waals surface area contributed by atoms with Crippen molar-refractivity contribution in [2.45, 2.75) is 51.6 Å². The second-order valence-corrected chi connectivity index (χ2v) is 8.52. The van der Waals surface area contributed by atoms with Crippen LogP contribution in [0.3, 0.4) is 0 Å². The van der Waals surface area contributed by atoms with Gasteiger partial charge < -0.3 is 10.6 Å². The predicted molar refractivity (Wildman–Crippen MR) is 101 cm³/mol. The van der Waals surface area contributed by atoms with Gasteiger partial charge in [0, 0.05) is 16.3 Å². The van der Waals surface area contributed by atoms with E-state index in [1.807, 2.05) is 17.4 Å². The zero-order valence-electron chi connectivity index (χ0n) is 14.7. The molecule has 1 saturated heterocycles. The number of benzene rings is 1. The van der Waals surface area contributed by atoms with Crippen LogP contribution in [0.5, 0.6) is 0 Å². The third-order valence-corrected chi connectivity index (χ3v) is 6.00. The molecule has 24 heavy (non-hydrogen) atoms. The molecular weight excluding hydrogens is 316 g/mol. The molecule has 3 nitrogen and oxygen atoms in total. The first-order valence-electron chi connectivity index (χ1n) is 8.65. The minimum atomic E-state index is -0.0219. The largest absolute Gasteiger partial charge is 0.351 e.